The molecule has 0 aromatic heterocycles. The van der Waals surface area contributed by atoms with Gasteiger partial charge in [0.1, 0.15) is 18.1 Å². The Hall–Kier alpha value is -1.58. The van der Waals surface area contributed by atoms with Gasteiger partial charge < -0.3 is 10.1 Å². The van der Waals surface area contributed by atoms with Gasteiger partial charge in [0.25, 0.3) is 0 Å². The van der Waals surface area contributed by atoms with E-state index < -0.39 is 0 Å². The third kappa shape index (κ3) is 4.73. The highest BCUT2D eigenvalue weighted by molar-refractivity contribution is 6.30. The summed E-state index contributed by atoms with van der Waals surface area (Å²) in [6, 6.07) is 12.5. The lowest BCUT2D eigenvalue weighted by atomic mass is 10.1. The summed E-state index contributed by atoms with van der Waals surface area (Å²) in [6.07, 6.45) is 0.706. The monoisotopic (exact) mass is 308 g/mol. The first-order valence-electron chi connectivity index (χ1n) is 7.17. The number of rotatable bonds is 7. The van der Waals surface area contributed by atoms with Crippen molar-refractivity contribution in [2.75, 3.05) is 13.2 Å². The Balaban J connectivity index is 1.88. The topological polar surface area (TPSA) is 25.8 Å². The Morgan fingerprint density at radius 3 is 2.71 bits per heavy atom. The van der Waals surface area contributed by atoms with E-state index in [9.17, 15) is 4.39 Å². The van der Waals surface area contributed by atoms with E-state index in [1.165, 1.54) is 6.07 Å². The van der Waals surface area contributed by atoms with Crippen molar-refractivity contribution < 1.29 is 14.4 Å². The first-order chi connectivity index (χ1) is 10.2. The summed E-state index contributed by atoms with van der Waals surface area (Å²) in [5.41, 5.74) is 1.82. The minimum absolute atomic E-state index is 0.135. The zero-order valence-electron chi connectivity index (χ0n) is 12.1. The highest BCUT2D eigenvalue weighted by Gasteiger charge is 2.07. The molecule has 2 aromatic carbocycles. The third-order valence-corrected chi connectivity index (χ3v) is 3.50. The predicted octanol–water partition coefficient (Wildman–Crippen LogP) is 3.18. The molecule has 4 heteroatoms. The maximum Gasteiger partial charge on any atom is 0.128 e. The zero-order chi connectivity index (χ0) is 15.1. The van der Waals surface area contributed by atoms with Crippen molar-refractivity contribution in [3.63, 3.8) is 0 Å². The van der Waals surface area contributed by atoms with Gasteiger partial charge in [-0.3, -0.25) is 0 Å². The Labute approximate surface area is 129 Å². The zero-order valence-corrected chi connectivity index (χ0v) is 12.9. The van der Waals surface area contributed by atoms with Gasteiger partial charge in [-0.1, -0.05) is 29.8 Å². The number of hydrogen-bond acceptors (Lipinski definition) is 1. The Kier molecular flexibility index (Phi) is 6.03. The molecule has 2 N–H and O–H groups in total. The molecule has 2 nitrogen and oxygen atoms in total. The van der Waals surface area contributed by atoms with Gasteiger partial charge in [0.05, 0.1) is 13.2 Å². The summed E-state index contributed by atoms with van der Waals surface area (Å²) in [4.78, 5) is 0. The number of halogens is 2. The van der Waals surface area contributed by atoms with Gasteiger partial charge in [-0.05, 0) is 36.8 Å². The average Bonchev–Trinajstić information content (AvgIpc) is 2.48. The normalized spacial score (nSPS) is 10.6. The molecule has 2 aromatic rings. The molecule has 0 heterocycles. The van der Waals surface area contributed by atoms with E-state index in [-0.39, 0.29) is 5.82 Å². The molecule has 0 aliphatic heterocycles. The highest BCUT2D eigenvalue weighted by atomic mass is 35.5. The van der Waals surface area contributed by atoms with Crippen molar-refractivity contribution in [2.45, 2.75) is 19.9 Å². The van der Waals surface area contributed by atoms with Crippen LogP contribution in [-0.4, -0.2) is 13.2 Å². The van der Waals surface area contributed by atoms with E-state index in [4.69, 9.17) is 16.3 Å². The lowest BCUT2D eigenvalue weighted by Gasteiger charge is -2.10. The van der Waals surface area contributed by atoms with Crippen LogP contribution in [0.3, 0.4) is 0 Å². The molecule has 0 radical (unpaired) electrons. The summed E-state index contributed by atoms with van der Waals surface area (Å²) in [5.74, 6) is 0.729. The first-order valence-corrected chi connectivity index (χ1v) is 7.54. The second-order valence-corrected chi connectivity index (χ2v) is 5.24. The van der Waals surface area contributed by atoms with Gasteiger partial charge in [0, 0.05) is 17.0 Å². The third-order valence-electron chi connectivity index (χ3n) is 3.26. The Bertz CT molecular complexity index is 589. The van der Waals surface area contributed by atoms with E-state index in [0.717, 1.165) is 30.0 Å². The van der Waals surface area contributed by atoms with Crippen molar-refractivity contribution in [2.24, 2.45) is 0 Å². The summed E-state index contributed by atoms with van der Waals surface area (Å²) in [7, 11) is 0. The molecule has 21 heavy (non-hydrogen) atoms. The summed E-state index contributed by atoms with van der Waals surface area (Å²) in [6.45, 7) is 4.17. The number of ether oxygens (including phenoxy) is 1. The lowest BCUT2D eigenvalue weighted by molar-refractivity contribution is -0.670. The van der Waals surface area contributed by atoms with Crippen molar-refractivity contribution in [3.8, 4) is 5.75 Å². The van der Waals surface area contributed by atoms with Crippen LogP contribution in [0.5, 0.6) is 5.75 Å². The molecular formula is C17H20ClFNO+. The van der Waals surface area contributed by atoms with E-state index in [1.807, 2.05) is 37.3 Å². The number of hydrogen-bond donors (Lipinski definition) is 1. The minimum Gasteiger partial charge on any atom is -0.493 e. The molecule has 0 aliphatic carbocycles. The van der Waals surface area contributed by atoms with Gasteiger partial charge in [-0.15, -0.1) is 0 Å². The SMILES string of the molecule is CCOc1ccc(Cl)cc1C[NH2+]CCc1ccccc1F. The van der Waals surface area contributed by atoms with Crippen LogP contribution in [0.15, 0.2) is 42.5 Å². The van der Waals surface area contributed by atoms with Crippen LogP contribution in [0.2, 0.25) is 5.02 Å². The van der Waals surface area contributed by atoms with Gasteiger partial charge in [-0.25, -0.2) is 4.39 Å². The molecule has 0 amide bonds. The molecule has 0 saturated heterocycles. The average molecular weight is 309 g/mol. The molecule has 0 saturated carbocycles. The molecule has 2 rings (SSSR count). The van der Waals surface area contributed by atoms with Crippen molar-refractivity contribution >= 4 is 11.6 Å². The summed E-state index contributed by atoms with van der Waals surface area (Å²) < 4.78 is 19.1. The van der Waals surface area contributed by atoms with Crippen LogP contribution in [0.4, 0.5) is 4.39 Å². The Morgan fingerprint density at radius 2 is 1.95 bits per heavy atom. The summed E-state index contributed by atoms with van der Waals surface area (Å²) >= 11 is 6.03. The van der Waals surface area contributed by atoms with Crippen LogP contribution < -0.4 is 10.1 Å². The minimum atomic E-state index is -0.135. The second kappa shape index (κ2) is 8.01. The van der Waals surface area contributed by atoms with Crippen LogP contribution in [0.1, 0.15) is 18.1 Å². The van der Waals surface area contributed by atoms with E-state index in [0.29, 0.717) is 18.1 Å². The number of nitrogens with two attached hydrogens (primary N) is 1. The number of quaternary nitrogens is 1. The van der Waals surface area contributed by atoms with Gasteiger partial charge in [-0.2, -0.15) is 0 Å². The van der Waals surface area contributed by atoms with Gasteiger partial charge in [0.2, 0.25) is 0 Å². The standard InChI is InChI=1S/C17H19ClFNO/c1-2-21-17-8-7-15(18)11-14(17)12-20-10-9-13-5-3-4-6-16(13)19/h3-8,11,20H,2,9-10,12H2,1H3/p+1. The Morgan fingerprint density at radius 1 is 1.14 bits per heavy atom. The molecule has 112 valence electrons. The molecule has 0 fully saturated rings. The fraction of sp³-hybridized carbons (Fsp3) is 0.294. The van der Waals surface area contributed by atoms with Crippen LogP contribution in [0.25, 0.3) is 0 Å². The smallest absolute Gasteiger partial charge is 0.128 e. The van der Waals surface area contributed by atoms with Crippen LogP contribution in [0, 0.1) is 5.82 Å². The maximum absolute atomic E-state index is 13.5. The molecule has 0 spiro atoms. The van der Waals surface area contributed by atoms with Crippen molar-refractivity contribution in [1.82, 2.24) is 0 Å². The second-order valence-electron chi connectivity index (χ2n) is 4.81. The fourth-order valence-corrected chi connectivity index (χ4v) is 2.41. The van der Waals surface area contributed by atoms with Gasteiger partial charge >= 0.3 is 0 Å². The largest absolute Gasteiger partial charge is 0.493 e. The van der Waals surface area contributed by atoms with Crippen LogP contribution in [-0.2, 0) is 13.0 Å². The van der Waals surface area contributed by atoms with E-state index in [2.05, 4.69) is 5.32 Å². The van der Waals surface area contributed by atoms with E-state index in [1.54, 1.807) is 6.07 Å². The molecule has 0 bridgehead atoms. The van der Waals surface area contributed by atoms with Crippen molar-refractivity contribution in [1.29, 1.82) is 0 Å². The molecular weight excluding hydrogens is 289 g/mol. The number of benzene rings is 2. The molecule has 0 unspecified atom stereocenters. The highest BCUT2D eigenvalue weighted by Crippen LogP contribution is 2.22. The van der Waals surface area contributed by atoms with Crippen LogP contribution >= 0.6 is 11.6 Å². The van der Waals surface area contributed by atoms with Gasteiger partial charge in [0.15, 0.2) is 0 Å². The first kappa shape index (κ1) is 15.8. The van der Waals surface area contributed by atoms with E-state index >= 15 is 0 Å². The summed E-state index contributed by atoms with van der Waals surface area (Å²) in [5, 5.41) is 2.84. The lowest BCUT2D eigenvalue weighted by Crippen LogP contribution is -2.83. The fourth-order valence-electron chi connectivity index (χ4n) is 2.22. The quantitative estimate of drug-likeness (QED) is 0.781. The van der Waals surface area contributed by atoms with Crippen molar-refractivity contribution in [3.05, 3.63) is 64.4 Å². The molecule has 0 atom stereocenters. The molecule has 0 aliphatic rings. The predicted molar refractivity (Wildman–Crippen MR) is 83.2 cm³/mol. The maximum atomic E-state index is 13.5.